The van der Waals surface area contributed by atoms with E-state index in [2.05, 4.69) is 4.98 Å². The predicted molar refractivity (Wildman–Crippen MR) is 102 cm³/mol. The number of para-hydroxylation sites is 1. The average molecular weight is 348 g/mol. The van der Waals surface area contributed by atoms with Gasteiger partial charge in [-0.2, -0.15) is 4.74 Å². The van der Waals surface area contributed by atoms with Gasteiger partial charge in [0.2, 0.25) is 5.71 Å². The third kappa shape index (κ3) is 2.18. The molecule has 3 aromatic rings. The minimum atomic E-state index is -0.696. The van der Waals surface area contributed by atoms with Crippen LogP contribution in [0.3, 0.4) is 0 Å². The van der Waals surface area contributed by atoms with Gasteiger partial charge in [-0.05, 0) is 43.7 Å². The van der Waals surface area contributed by atoms with Crippen molar-refractivity contribution in [1.29, 1.82) is 0 Å². The smallest absolute Gasteiger partial charge is 0.228 e. The third-order valence-electron chi connectivity index (χ3n) is 6.01. The van der Waals surface area contributed by atoms with Crippen molar-refractivity contribution in [3.8, 4) is 0 Å². The quantitative estimate of drug-likeness (QED) is 0.468. The highest BCUT2D eigenvalue weighted by Gasteiger charge is 2.52. The molecule has 3 nitrogen and oxygen atoms in total. The summed E-state index contributed by atoms with van der Waals surface area (Å²) in [6, 6.07) is 14.4. The number of rotatable bonds is 1. The molecule has 1 aliphatic rings. The van der Waals surface area contributed by atoms with E-state index in [1.165, 1.54) is 12.1 Å². The molecule has 0 fully saturated rings. The lowest BCUT2D eigenvalue weighted by molar-refractivity contribution is -0.555. The van der Waals surface area contributed by atoms with Crippen molar-refractivity contribution in [2.24, 2.45) is 0 Å². The summed E-state index contributed by atoms with van der Waals surface area (Å²) in [5.41, 5.74) is 2.52. The van der Waals surface area contributed by atoms with Crippen LogP contribution in [-0.4, -0.2) is 21.0 Å². The average Bonchev–Trinajstić information content (AvgIpc) is 2.60. The van der Waals surface area contributed by atoms with Gasteiger partial charge in [0.15, 0.2) is 5.54 Å². The number of halogens is 1. The Kier molecular flexibility index (Phi) is 3.45. The van der Waals surface area contributed by atoms with Crippen LogP contribution in [0.4, 0.5) is 4.39 Å². The van der Waals surface area contributed by atoms with Crippen LogP contribution in [0.5, 0.6) is 0 Å². The lowest BCUT2D eigenvalue weighted by atomic mass is 9.65. The monoisotopic (exact) mass is 348 g/mol. The molecule has 26 heavy (non-hydrogen) atoms. The summed E-state index contributed by atoms with van der Waals surface area (Å²) in [5, 5.41) is 14.4. The van der Waals surface area contributed by atoms with E-state index in [1.807, 2.05) is 58.0 Å². The van der Waals surface area contributed by atoms with Crippen LogP contribution in [0.25, 0.3) is 10.9 Å². The zero-order chi connectivity index (χ0) is 18.7. The molecule has 1 aromatic heterocycles. The van der Waals surface area contributed by atoms with E-state index in [9.17, 15) is 9.60 Å². The molecule has 0 saturated heterocycles. The molecule has 0 bridgehead atoms. The van der Waals surface area contributed by atoms with Gasteiger partial charge in [-0.3, -0.25) is 4.98 Å². The van der Waals surface area contributed by atoms with E-state index in [4.69, 9.17) is 0 Å². The third-order valence-corrected chi connectivity index (χ3v) is 6.01. The van der Waals surface area contributed by atoms with Crippen molar-refractivity contribution in [1.82, 2.24) is 4.98 Å². The normalized spacial score (nSPS) is 18.0. The van der Waals surface area contributed by atoms with Gasteiger partial charge in [0.25, 0.3) is 0 Å². The van der Waals surface area contributed by atoms with Crippen molar-refractivity contribution < 1.29 is 9.13 Å². The summed E-state index contributed by atoms with van der Waals surface area (Å²) in [6.07, 6.45) is 1.70. The Morgan fingerprint density at radius 2 is 1.73 bits per heavy atom. The second kappa shape index (κ2) is 5.37. The molecular weight excluding hydrogens is 327 g/mol. The zero-order valence-corrected chi connectivity index (χ0v) is 15.4. The fourth-order valence-corrected chi connectivity index (χ4v) is 3.70. The van der Waals surface area contributed by atoms with Gasteiger partial charge in [0.05, 0.1) is 22.1 Å². The minimum absolute atomic E-state index is 0.348. The van der Waals surface area contributed by atoms with Crippen LogP contribution >= 0.6 is 0 Å². The van der Waals surface area contributed by atoms with Gasteiger partial charge in [-0.1, -0.05) is 24.3 Å². The summed E-state index contributed by atoms with van der Waals surface area (Å²) < 4.78 is 15.1. The van der Waals surface area contributed by atoms with E-state index in [0.29, 0.717) is 16.8 Å². The van der Waals surface area contributed by atoms with Gasteiger partial charge in [0, 0.05) is 25.4 Å². The number of aromatic nitrogens is 1. The fourth-order valence-electron chi connectivity index (χ4n) is 3.70. The molecule has 0 unspecified atom stereocenters. The molecule has 0 atom stereocenters. The number of nitrogens with zero attached hydrogens (tertiary/aromatic N) is 2. The summed E-state index contributed by atoms with van der Waals surface area (Å²) in [4.78, 5) is 4.49. The maximum absolute atomic E-state index is 14.1. The first-order valence-electron chi connectivity index (χ1n) is 8.73. The minimum Gasteiger partial charge on any atom is -0.623 e. The first-order chi connectivity index (χ1) is 12.2. The lowest BCUT2D eigenvalue weighted by Crippen LogP contribution is -2.55. The summed E-state index contributed by atoms with van der Waals surface area (Å²) in [7, 11) is 0. The highest BCUT2D eigenvalue weighted by atomic mass is 19.1. The molecule has 4 heteroatoms. The van der Waals surface area contributed by atoms with E-state index >= 15 is 0 Å². The van der Waals surface area contributed by atoms with Crippen LogP contribution in [0.1, 0.15) is 44.4 Å². The second-order valence-corrected chi connectivity index (χ2v) is 7.93. The number of benzene rings is 2. The largest absolute Gasteiger partial charge is 0.623 e. The first kappa shape index (κ1) is 16.7. The molecule has 0 amide bonds. The number of hydrogen-bond acceptors (Lipinski definition) is 2. The molecule has 4 rings (SSSR count). The van der Waals surface area contributed by atoms with E-state index < -0.39 is 11.0 Å². The molecular formula is C22H21FN2O. The van der Waals surface area contributed by atoms with E-state index in [0.717, 1.165) is 21.2 Å². The van der Waals surface area contributed by atoms with Crippen LogP contribution in [0.15, 0.2) is 54.7 Å². The molecule has 0 spiro atoms. The molecule has 2 aromatic carbocycles. The maximum atomic E-state index is 14.1. The molecule has 0 saturated carbocycles. The van der Waals surface area contributed by atoms with Crippen molar-refractivity contribution in [2.75, 3.05) is 0 Å². The Morgan fingerprint density at radius 3 is 2.50 bits per heavy atom. The Balaban J connectivity index is 2.06. The first-order valence-corrected chi connectivity index (χ1v) is 8.73. The van der Waals surface area contributed by atoms with Crippen LogP contribution < -0.4 is 0 Å². The Morgan fingerprint density at radius 1 is 1.00 bits per heavy atom. The molecule has 1 aliphatic heterocycles. The van der Waals surface area contributed by atoms with Gasteiger partial charge < -0.3 is 5.21 Å². The molecule has 0 N–H and O–H groups in total. The van der Waals surface area contributed by atoms with Gasteiger partial charge >= 0.3 is 0 Å². The molecule has 2 heterocycles. The topological polar surface area (TPSA) is 39.0 Å². The van der Waals surface area contributed by atoms with Crippen LogP contribution in [0.2, 0.25) is 0 Å². The number of pyridine rings is 1. The standard InChI is InChI=1S/C22H21FN2O/c1-21(2)18-10-9-16(23)12-17(18)20(25(26)22(21,3)4)15-11-14-7-5-6-8-19(14)24-13-15/h5-13H,1-4H3. The zero-order valence-electron chi connectivity index (χ0n) is 15.4. The Hall–Kier alpha value is -2.75. The summed E-state index contributed by atoms with van der Waals surface area (Å²) in [6.45, 7) is 7.93. The van der Waals surface area contributed by atoms with Crippen molar-refractivity contribution in [3.05, 3.63) is 82.4 Å². The molecule has 0 radical (unpaired) electrons. The molecule has 132 valence electrons. The second-order valence-electron chi connectivity index (χ2n) is 7.93. The van der Waals surface area contributed by atoms with Crippen LogP contribution in [-0.2, 0) is 5.41 Å². The summed E-state index contributed by atoms with van der Waals surface area (Å²) in [5.74, 6) is -0.348. The Labute approximate surface area is 152 Å². The fraction of sp³-hybridized carbons (Fsp3) is 0.273. The predicted octanol–water partition coefficient (Wildman–Crippen LogP) is 4.79. The lowest BCUT2D eigenvalue weighted by Gasteiger charge is -2.44. The van der Waals surface area contributed by atoms with E-state index in [1.54, 1.807) is 12.3 Å². The highest BCUT2D eigenvalue weighted by molar-refractivity contribution is 6.12. The number of fused-ring (bicyclic) bond motifs is 2. The summed E-state index contributed by atoms with van der Waals surface area (Å²) >= 11 is 0. The van der Waals surface area contributed by atoms with E-state index in [-0.39, 0.29) is 5.82 Å². The van der Waals surface area contributed by atoms with Crippen molar-refractivity contribution in [2.45, 2.75) is 38.6 Å². The van der Waals surface area contributed by atoms with Gasteiger partial charge in [-0.15, -0.1) is 0 Å². The van der Waals surface area contributed by atoms with Gasteiger partial charge in [-0.25, -0.2) is 4.39 Å². The Bertz CT molecular complexity index is 1070. The van der Waals surface area contributed by atoms with Gasteiger partial charge in [0.1, 0.15) is 5.82 Å². The van der Waals surface area contributed by atoms with Crippen molar-refractivity contribution >= 4 is 16.6 Å². The number of hydrogen-bond donors (Lipinski definition) is 0. The maximum Gasteiger partial charge on any atom is 0.228 e. The number of hydroxylamine groups is 1. The van der Waals surface area contributed by atoms with Crippen LogP contribution in [0, 0.1) is 11.0 Å². The SMILES string of the molecule is CC1(C)c2ccc(F)cc2C(c2cnc3ccccc3c2)=[N+]([O-])C1(C)C. The highest BCUT2D eigenvalue weighted by Crippen LogP contribution is 2.43. The molecule has 0 aliphatic carbocycles. The van der Waals surface area contributed by atoms with Crippen molar-refractivity contribution in [3.63, 3.8) is 0 Å².